The number of aromatic nitrogens is 2. The molecule has 0 N–H and O–H groups in total. The van der Waals surface area contributed by atoms with Gasteiger partial charge in [-0.25, -0.2) is 9.13 Å². The van der Waals surface area contributed by atoms with E-state index < -0.39 is 0 Å². The van der Waals surface area contributed by atoms with Crippen LogP contribution in [-0.4, -0.2) is 4.57 Å². The van der Waals surface area contributed by atoms with Crippen molar-refractivity contribution >= 4 is 0 Å². The van der Waals surface area contributed by atoms with Crippen LogP contribution in [0, 0.1) is 0 Å². The third-order valence-corrected chi connectivity index (χ3v) is 8.52. The molecule has 0 aliphatic carbocycles. The predicted molar refractivity (Wildman–Crippen MR) is 168 cm³/mol. The maximum Gasteiger partial charge on any atom is 0.256 e. The number of benzene rings is 2. The Hall–Kier alpha value is -2.35. The van der Waals surface area contributed by atoms with Gasteiger partial charge in [-0.05, 0) is 36.8 Å². The van der Waals surface area contributed by atoms with E-state index in [4.69, 9.17) is 0 Å². The van der Waals surface area contributed by atoms with Gasteiger partial charge in [0, 0.05) is 11.8 Å². The summed E-state index contributed by atoms with van der Waals surface area (Å²) < 4.78 is 5.19. The zero-order valence-corrected chi connectivity index (χ0v) is 25.6. The molecule has 1 unspecified atom stereocenters. The Labute approximate surface area is 240 Å². The number of nitrogens with zero attached hydrogens (tertiary/aromatic N) is 2. The van der Waals surface area contributed by atoms with Gasteiger partial charge in [-0.15, -0.1) is 0 Å². The van der Waals surface area contributed by atoms with Gasteiger partial charge in [0.15, 0.2) is 0 Å². The topological polar surface area (TPSA) is 8.81 Å². The van der Waals surface area contributed by atoms with E-state index >= 15 is 0 Å². The lowest BCUT2D eigenvalue weighted by molar-refractivity contribution is -0.711. The molecule has 1 aromatic heterocycles. The van der Waals surface area contributed by atoms with E-state index in [-0.39, 0.29) is 5.41 Å². The van der Waals surface area contributed by atoms with Gasteiger partial charge in [-0.2, -0.15) is 0 Å². The van der Waals surface area contributed by atoms with Crippen molar-refractivity contribution in [2.75, 3.05) is 0 Å². The summed E-state index contributed by atoms with van der Waals surface area (Å²) in [5.41, 5.74) is 2.89. The molecule has 214 valence electrons. The molecule has 0 spiro atoms. The molecule has 3 aromatic rings. The summed E-state index contributed by atoms with van der Waals surface area (Å²) in [6.07, 6.45) is 26.1. The van der Waals surface area contributed by atoms with Gasteiger partial charge < -0.3 is 0 Å². The predicted octanol–water partition coefficient (Wildman–Crippen LogP) is 10.0. The fourth-order valence-corrected chi connectivity index (χ4v) is 6.12. The summed E-state index contributed by atoms with van der Waals surface area (Å²) in [5, 5.41) is 0. The smallest absolute Gasteiger partial charge is 0.234 e. The van der Waals surface area contributed by atoms with E-state index in [1.165, 1.54) is 113 Å². The quantitative estimate of drug-likeness (QED) is 0.0958. The van der Waals surface area contributed by atoms with Gasteiger partial charge in [0.2, 0.25) is 0 Å². The van der Waals surface area contributed by atoms with E-state index in [9.17, 15) is 0 Å². The highest BCUT2D eigenvalue weighted by atomic mass is 15.2. The SMILES string of the molecule is CCCCCCCCCCCc1n(CCCCCCC)cc[n+]1CC(C)(Cc1ccccc1)c1ccccc1. The number of aryl methyl sites for hydroxylation is 1. The molecule has 2 heteroatoms. The lowest BCUT2D eigenvalue weighted by Crippen LogP contribution is -2.47. The summed E-state index contributed by atoms with van der Waals surface area (Å²) in [6, 6.07) is 22.3. The maximum atomic E-state index is 2.60. The molecule has 3 rings (SSSR count). The number of rotatable bonds is 21. The molecule has 1 atom stereocenters. The molecule has 0 fully saturated rings. The average molecular weight is 530 g/mol. The molecule has 0 aliphatic rings. The summed E-state index contributed by atoms with van der Waals surface area (Å²) in [7, 11) is 0. The zero-order chi connectivity index (χ0) is 27.6. The highest BCUT2D eigenvalue weighted by molar-refractivity contribution is 5.28. The van der Waals surface area contributed by atoms with Crippen molar-refractivity contribution in [1.29, 1.82) is 0 Å². The van der Waals surface area contributed by atoms with Crippen LogP contribution >= 0.6 is 0 Å². The van der Waals surface area contributed by atoms with E-state index in [2.05, 4.69) is 103 Å². The molecule has 0 radical (unpaired) electrons. The largest absolute Gasteiger partial charge is 0.256 e. The molecule has 0 saturated heterocycles. The van der Waals surface area contributed by atoms with Crippen LogP contribution in [0.15, 0.2) is 73.1 Å². The van der Waals surface area contributed by atoms with Crippen molar-refractivity contribution in [2.24, 2.45) is 0 Å². The van der Waals surface area contributed by atoms with Crippen LogP contribution in [0.2, 0.25) is 0 Å². The Kier molecular flexibility index (Phi) is 14.5. The number of unbranched alkanes of at least 4 members (excludes halogenated alkanes) is 12. The van der Waals surface area contributed by atoms with Crippen LogP contribution < -0.4 is 4.57 Å². The normalized spacial score (nSPS) is 13.0. The molecule has 1 heterocycles. The summed E-state index contributed by atoms with van der Waals surface area (Å²) in [6.45, 7) is 9.24. The van der Waals surface area contributed by atoms with E-state index in [1.54, 1.807) is 0 Å². The van der Waals surface area contributed by atoms with Crippen molar-refractivity contribution < 1.29 is 4.57 Å². The molecular formula is C37H57N2+. The standard InChI is InChI=1S/C37H57N2/c1-4-6-8-10-11-12-13-14-22-28-36-38(29-23-15-9-7-5-2)30-31-39(36)33-37(3,35-26-20-17-21-27-35)32-34-24-18-16-19-25-34/h16-21,24-27,30-31H,4-15,22-23,28-29,32-33H2,1-3H3/q+1. The van der Waals surface area contributed by atoms with Gasteiger partial charge in [0.1, 0.15) is 12.4 Å². The van der Waals surface area contributed by atoms with Gasteiger partial charge >= 0.3 is 0 Å². The highest BCUT2D eigenvalue weighted by Crippen LogP contribution is 2.29. The molecule has 2 nitrogen and oxygen atoms in total. The van der Waals surface area contributed by atoms with Crippen molar-refractivity contribution in [2.45, 2.75) is 142 Å². The Morgan fingerprint density at radius 1 is 0.641 bits per heavy atom. The minimum atomic E-state index is 0.0355. The summed E-state index contributed by atoms with van der Waals surface area (Å²) in [4.78, 5) is 0. The van der Waals surface area contributed by atoms with Crippen LogP contribution in [0.3, 0.4) is 0 Å². The lowest BCUT2D eigenvalue weighted by atomic mass is 9.77. The van der Waals surface area contributed by atoms with Crippen molar-refractivity contribution in [1.82, 2.24) is 4.57 Å². The average Bonchev–Trinajstić information content (AvgIpc) is 3.33. The Balaban J connectivity index is 1.70. The second kappa shape index (κ2) is 18.1. The second-order valence-corrected chi connectivity index (χ2v) is 12.1. The summed E-state index contributed by atoms with van der Waals surface area (Å²) in [5.74, 6) is 1.53. The molecule has 0 saturated carbocycles. The van der Waals surface area contributed by atoms with Crippen molar-refractivity contribution in [3.8, 4) is 0 Å². The van der Waals surface area contributed by atoms with Crippen LogP contribution in [0.4, 0.5) is 0 Å². The number of hydrogen-bond acceptors (Lipinski definition) is 0. The van der Waals surface area contributed by atoms with E-state index in [1.807, 2.05) is 0 Å². The van der Waals surface area contributed by atoms with Crippen LogP contribution in [0.25, 0.3) is 0 Å². The van der Waals surface area contributed by atoms with E-state index in [0.717, 1.165) is 19.5 Å². The lowest BCUT2D eigenvalue weighted by Gasteiger charge is -2.29. The third-order valence-electron chi connectivity index (χ3n) is 8.52. The molecule has 2 aromatic carbocycles. The Morgan fingerprint density at radius 2 is 1.18 bits per heavy atom. The first-order valence-corrected chi connectivity index (χ1v) is 16.3. The molecule has 39 heavy (non-hydrogen) atoms. The van der Waals surface area contributed by atoms with Crippen LogP contribution in [0.1, 0.15) is 128 Å². The van der Waals surface area contributed by atoms with Gasteiger partial charge in [0.05, 0.1) is 13.1 Å². The monoisotopic (exact) mass is 529 g/mol. The van der Waals surface area contributed by atoms with Gasteiger partial charge in [-0.1, -0.05) is 152 Å². The Bertz CT molecular complexity index is 1010. The molecule has 0 amide bonds. The zero-order valence-electron chi connectivity index (χ0n) is 25.6. The molecule has 0 aliphatic heterocycles. The second-order valence-electron chi connectivity index (χ2n) is 12.1. The Morgan fingerprint density at radius 3 is 1.79 bits per heavy atom. The van der Waals surface area contributed by atoms with Gasteiger partial charge in [-0.3, -0.25) is 0 Å². The number of imidazole rings is 1. The van der Waals surface area contributed by atoms with Crippen molar-refractivity contribution in [3.63, 3.8) is 0 Å². The summed E-state index contributed by atoms with van der Waals surface area (Å²) >= 11 is 0. The number of hydrogen-bond donors (Lipinski definition) is 0. The third kappa shape index (κ3) is 11.0. The first-order chi connectivity index (χ1) is 19.2. The van der Waals surface area contributed by atoms with Crippen molar-refractivity contribution in [3.05, 3.63) is 90.0 Å². The fourth-order valence-electron chi connectivity index (χ4n) is 6.12. The first-order valence-electron chi connectivity index (χ1n) is 16.3. The minimum Gasteiger partial charge on any atom is -0.234 e. The first kappa shape index (κ1) is 31.2. The fraction of sp³-hybridized carbons (Fsp3) is 0.595. The minimum absolute atomic E-state index is 0.0355. The van der Waals surface area contributed by atoms with E-state index in [0.29, 0.717) is 0 Å². The maximum absolute atomic E-state index is 2.60. The van der Waals surface area contributed by atoms with Crippen LogP contribution in [-0.2, 0) is 31.3 Å². The van der Waals surface area contributed by atoms with Gasteiger partial charge in [0.25, 0.3) is 5.82 Å². The molecule has 0 bridgehead atoms. The highest BCUT2D eigenvalue weighted by Gasteiger charge is 2.32. The molecular weight excluding hydrogens is 472 g/mol. The van der Waals surface area contributed by atoms with Crippen LogP contribution in [0.5, 0.6) is 0 Å².